The molecule has 0 radical (unpaired) electrons. The molecule has 3 aromatic rings. The summed E-state index contributed by atoms with van der Waals surface area (Å²) in [7, 11) is 0. The van der Waals surface area contributed by atoms with Gasteiger partial charge in [0.25, 0.3) is 0 Å². The molecule has 0 bridgehead atoms. The second-order valence-corrected chi connectivity index (χ2v) is 6.11. The first-order valence-corrected chi connectivity index (χ1v) is 8.24. The minimum absolute atomic E-state index is 0.380. The fraction of sp³-hybridized carbons (Fsp3) is 0.263. The molecular formula is C19H20N4O. The van der Waals surface area contributed by atoms with Crippen LogP contribution in [0.2, 0.25) is 0 Å². The quantitative estimate of drug-likeness (QED) is 0.804. The molecule has 1 aliphatic rings. The van der Waals surface area contributed by atoms with Crippen molar-refractivity contribution in [3.63, 3.8) is 0 Å². The molecule has 0 spiro atoms. The van der Waals surface area contributed by atoms with Crippen LogP contribution in [0, 0.1) is 0 Å². The van der Waals surface area contributed by atoms with Crippen molar-refractivity contribution < 1.29 is 5.11 Å². The molecule has 1 fully saturated rings. The van der Waals surface area contributed by atoms with Crippen molar-refractivity contribution in [3.05, 3.63) is 60.6 Å². The Bertz CT molecular complexity index is 829. The highest BCUT2D eigenvalue weighted by Crippen LogP contribution is 2.28. The Balaban J connectivity index is 1.49. The van der Waals surface area contributed by atoms with Crippen molar-refractivity contribution in [2.45, 2.75) is 6.54 Å². The van der Waals surface area contributed by atoms with Crippen LogP contribution < -0.4 is 4.90 Å². The summed E-state index contributed by atoms with van der Waals surface area (Å²) < 4.78 is 0. The van der Waals surface area contributed by atoms with Crippen LogP contribution in [-0.4, -0.2) is 46.2 Å². The molecule has 0 aliphatic carbocycles. The lowest BCUT2D eigenvalue weighted by atomic mass is 10.0. The standard InChI is InChI=1S/C19H20N4O/c24-18-6-5-15-3-1-2-4-16(15)17(18)14-22-9-11-23(12-10-22)19-13-20-7-8-21-19/h1-8,13,24H,9-12,14H2. The third-order valence-corrected chi connectivity index (χ3v) is 4.64. The summed E-state index contributed by atoms with van der Waals surface area (Å²) >= 11 is 0. The zero-order chi connectivity index (χ0) is 16.4. The smallest absolute Gasteiger partial charge is 0.147 e. The van der Waals surface area contributed by atoms with Crippen LogP contribution >= 0.6 is 0 Å². The van der Waals surface area contributed by atoms with E-state index in [4.69, 9.17) is 0 Å². The first-order chi connectivity index (χ1) is 11.8. The van der Waals surface area contributed by atoms with E-state index in [-0.39, 0.29) is 0 Å². The highest BCUT2D eigenvalue weighted by molar-refractivity contribution is 5.87. The van der Waals surface area contributed by atoms with Gasteiger partial charge in [-0.05, 0) is 16.8 Å². The number of hydrogen-bond donors (Lipinski definition) is 1. The second-order valence-electron chi connectivity index (χ2n) is 6.11. The SMILES string of the molecule is Oc1ccc2ccccc2c1CN1CCN(c2cnccn2)CC1. The number of phenolic OH excluding ortho intramolecular Hbond substituents is 1. The zero-order valence-electron chi connectivity index (χ0n) is 13.5. The minimum atomic E-state index is 0.380. The summed E-state index contributed by atoms with van der Waals surface area (Å²) in [5, 5.41) is 12.6. The van der Waals surface area contributed by atoms with Gasteiger partial charge in [-0.1, -0.05) is 30.3 Å². The molecule has 0 atom stereocenters. The molecule has 1 N–H and O–H groups in total. The Morgan fingerprint density at radius 2 is 1.79 bits per heavy atom. The number of phenols is 1. The van der Waals surface area contributed by atoms with E-state index < -0.39 is 0 Å². The Morgan fingerprint density at radius 1 is 0.958 bits per heavy atom. The summed E-state index contributed by atoms with van der Waals surface area (Å²) in [6.07, 6.45) is 5.24. The fourth-order valence-electron chi connectivity index (χ4n) is 3.30. The van der Waals surface area contributed by atoms with E-state index in [0.717, 1.165) is 49.5 Å². The molecule has 0 amide bonds. The van der Waals surface area contributed by atoms with Gasteiger partial charge in [-0.15, -0.1) is 0 Å². The highest BCUT2D eigenvalue weighted by atomic mass is 16.3. The van der Waals surface area contributed by atoms with Crippen LogP contribution in [0.4, 0.5) is 5.82 Å². The van der Waals surface area contributed by atoms with Gasteiger partial charge in [0.1, 0.15) is 11.6 Å². The monoisotopic (exact) mass is 320 g/mol. The van der Waals surface area contributed by atoms with Gasteiger partial charge in [-0.3, -0.25) is 9.88 Å². The molecule has 1 aromatic heterocycles. The van der Waals surface area contributed by atoms with Gasteiger partial charge >= 0.3 is 0 Å². The number of nitrogens with zero attached hydrogens (tertiary/aromatic N) is 4. The summed E-state index contributed by atoms with van der Waals surface area (Å²) in [5.41, 5.74) is 1.01. The molecule has 24 heavy (non-hydrogen) atoms. The van der Waals surface area contributed by atoms with Crippen LogP contribution in [0.25, 0.3) is 10.8 Å². The minimum Gasteiger partial charge on any atom is -0.508 e. The maximum Gasteiger partial charge on any atom is 0.147 e. The van der Waals surface area contributed by atoms with E-state index in [0.29, 0.717) is 5.75 Å². The van der Waals surface area contributed by atoms with Crippen molar-refractivity contribution in [3.8, 4) is 5.75 Å². The molecular weight excluding hydrogens is 300 g/mol. The van der Waals surface area contributed by atoms with Crippen LogP contribution in [0.3, 0.4) is 0 Å². The second kappa shape index (κ2) is 6.45. The average molecular weight is 320 g/mol. The number of benzene rings is 2. The Hall–Kier alpha value is -2.66. The zero-order valence-corrected chi connectivity index (χ0v) is 13.5. The summed E-state index contributed by atoms with van der Waals surface area (Å²) in [6.45, 7) is 4.49. The molecule has 1 saturated heterocycles. The maximum atomic E-state index is 10.3. The van der Waals surface area contributed by atoms with Crippen LogP contribution in [0.15, 0.2) is 55.0 Å². The number of anilines is 1. The van der Waals surface area contributed by atoms with E-state index >= 15 is 0 Å². The van der Waals surface area contributed by atoms with Gasteiger partial charge in [-0.2, -0.15) is 0 Å². The summed E-state index contributed by atoms with van der Waals surface area (Å²) in [5.74, 6) is 1.32. The lowest BCUT2D eigenvalue weighted by molar-refractivity contribution is 0.247. The number of piperazine rings is 1. The summed E-state index contributed by atoms with van der Waals surface area (Å²) in [4.78, 5) is 13.2. The van der Waals surface area contributed by atoms with E-state index in [1.54, 1.807) is 18.5 Å². The molecule has 1 aliphatic heterocycles. The average Bonchev–Trinajstić information content (AvgIpc) is 2.65. The van der Waals surface area contributed by atoms with Gasteiger partial charge in [0.2, 0.25) is 0 Å². The molecule has 0 saturated carbocycles. The van der Waals surface area contributed by atoms with Crippen LogP contribution in [0.5, 0.6) is 5.75 Å². The van der Waals surface area contributed by atoms with E-state index in [1.165, 1.54) is 5.39 Å². The van der Waals surface area contributed by atoms with Crippen molar-refractivity contribution >= 4 is 16.6 Å². The van der Waals surface area contributed by atoms with Crippen molar-refractivity contribution in [2.24, 2.45) is 0 Å². The van der Waals surface area contributed by atoms with Crippen molar-refractivity contribution in [1.29, 1.82) is 0 Å². The van der Waals surface area contributed by atoms with Crippen LogP contribution in [-0.2, 0) is 6.54 Å². The summed E-state index contributed by atoms with van der Waals surface area (Å²) in [6, 6.07) is 12.0. The van der Waals surface area contributed by atoms with Gasteiger partial charge in [0.15, 0.2) is 0 Å². The van der Waals surface area contributed by atoms with Gasteiger partial charge in [0.05, 0.1) is 6.20 Å². The van der Waals surface area contributed by atoms with Gasteiger partial charge in [0, 0.05) is 50.7 Å². The molecule has 2 aromatic carbocycles. The molecule has 4 rings (SSSR count). The van der Waals surface area contributed by atoms with Crippen molar-refractivity contribution in [1.82, 2.24) is 14.9 Å². The van der Waals surface area contributed by atoms with Crippen LogP contribution in [0.1, 0.15) is 5.56 Å². The number of fused-ring (bicyclic) bond motifs is 1. The first kappa shape index (κ1) is 14.9. The first-order valence-electron chi connectivity index (χ1n) is 8.24. The number of aromatic nitrogens is 2. The van der Waals surface area contributed by atoms with Crippen molar-refractivity contribution in [2.75, 3.05) is 31.1 Å². The van der Waals surface area contributed by atoms with E-state index in [9.17, 15) is 5.11 Å². The number of aromatic hydroxyl groups is 1. The van der Waals surface area contributed by atoms with E-state index in [2.05, 4.69) is 31.9 Å². The third-order valence-electron chi connectivity index (χ3n) is 4.64. The Labute approximate surface area is 141 Å². The predicted octanol–water partition coefficient (Wildman–Crippen LogP) is 2.66. The van der Waals surface area contributed by atoms with Gasteiger partial charge in [-0.25, -0.2) is 4.98 Å². The number of rotatable bonds is 3. The fourth-order valence-corrected chi connectivity index (χ4v) is 3.30. The topological polar surface area (TPSA) is 52.5 Å². The van der Waals surface area contributed by atoms with Gasteiger partial charge < -0.3 is 10.0 Å². The predicted molar refractivity (Wildman–Crippen MR) is 95.1 cm³/mol. The molecule has 5 heteroatoms. The third kappa shape index (κ3) is 2.90. The number of hydrogen-bond acceptors (Lipinski definition) is 5. The lowest BCUT2D eigenvalue weighted by Crippen LogP contribution is -2.46. The molecule has 5 nitrogen and oxygen atoms in total. The molecule has 122 valence electrons. The molecule has 0 unspecified atom stereocenters. The lowest BCUT2D eigenvalue weighted by Gasteiger charge is -2.35. The Kier molecular flexibility index (Phi) is 4.01. The highest BCUT2D eigenvalue weighted by Gasteiger charge is 2.19. The molecule has 2 heterocycles. The Morgan fingerprint density at radius 3 is 2.58 bits per heavy atom. The van der Waals surface area contributed by atoms with E-state index in [1.807, 2.05) is 24.4 Å². The normalized spacial score (nSPS) is 15.8. The largest absolute Gasteiger partial charge is 0.508 e. The maximum absolute atomic E-state index is 10.3.